The highest BCUT2D eigenvalue weighted by Crippen LogP contribution is 2.16. The van der Waals surface area contributed by atoms with Gasteiger partial charge in [0.2, 0.25) is 0 Å². The van der Waals surface area contributed by atoms with Gasteiger partial charge in [-0.2, -0.15) is 0 Å². The number of ether oxygens (including phenoxy) is 1. The third-order valence-electron chi connectivity index (χ3n) is 3.17. The van der Waals surface area contributed by atoms with E-state index in [0.717, 1.165) is 19.1 Å². The quantitative estimate of drug-likeness (QED) is 0.647. The average Bonchev–Trinajstić information content (AvgIpc) is 2.27. The molecule has 1 N–H and O–H groups in total. The fourth-order valence-electron chi connectivity index (χ4n) is 2.24. The minimum Gasteiger partial charge on any atom is -0.382 e. The first-order valence-corrected chi connectivity index (χ1v) is 6.31. The third kappa shape index (κ3) is 5.50. The summed E-state index contributed by atoms with van der Waals surface area (Å²) in [6.45, 7) is 8.79. The summed E-state index contributed by atoms with van der Waals surface area (Å²) >= 11 is 0. The van der Waals surface area contributed by atoms with Crippen molar-refractivity contribution in [1.29, 1.82) is 0 Å². The van der Waals surface area contributed by atoms with E-state index in [1.54, 1.807) is 0 Å². The van der Waals surface area contributed by atoms with E-state index in [2.05, 4.69) is 24.2 Å². The van der Waals surface area contributed by atoms with Crippen LogP contribution in [0.1, 0.15) is 26.2 Å². The summed E-state index contributed by atoms with van der Waals surface area (Å²) in [5.74, 6) is 0.901. The summed E-state index contributed by atoms with van der Waals surface area (Å²) in [6.07, 6.45) is 3.90. The fourth-order valence-corrected chi connectivity index (χ4v) is 2.24. The zero-order chi connectivity index (χ0) is 10.9. The molecule has 15 heavy (non-hydrogen) atoms. The van der Waals surface area contributed by atoms with Crippen LogP contribution in [-0.4, -0.2) is 51.3 Å². The first kappa shape index (κ1) is 12.9. The van der Waals surface area contributed by atoms with Crippen LogP contribution in [0.25, 0.3) is 0 Å². The fraction of sp³-hybridized carbons (Fsp3) is 1.00. The van der Waals surface area contributed by atoms with Crippen LogP contribution in [-0.2, 0) is 4.74 Å². The molecule has 0 unspecified atom stereocenters. The number of likely N-dealkylation sites (tertiary alicyclic amines) is 1. The predicted octanol–water partition coefficient (Wildman–Crippen LogP) is 1.34. The molecule has 0 atom stereocenters. The van der Waals surface area contributed by atoms with Crippen LogP contribution in [0.15, 0.2) is 0 Å². The molecule has 1 fully saturated rings. The molecule has 1 saturated heterocycles. The Bertz CT molecular complexity index is 142. The van der Waals surface area contributed by atoms with Gasteiger partial charge in [-0.25, -0.2) is 0 Å². The molecule has 0 bridgehead atoms. The van der Waals surface area contributed by atoms with E-state index in [9.17, 15) is 0 Å². The van der Waals surface area contributed by atoms with Crippen molar-refractivity contribution in [2.45, 2.75) is 26.2 Å². The molecule has 0 aromatic carbocycles. The minimum absolute atomic E-state index is 0.851. The van der Waals surface area contributed by atoms with E-state index >= 15 is 0 Å². The maximum atomic E-state index is 5.35. The van der Waals surface area contributed by atoms with Crippen molar-refractivity contribution in [3.05, 3.63) is 0 Å². The second-order valence-electron chi connectivity index (χ2n) is 4.39. The monoisotopic (exact) mass is 214 g/mol. The molecule has 0 amide bonds. The maximum absolute atomic E-state index is 5.35. The van der Waals surface area contributed by atoms with E-state index in [-0.39, 0.29) is 0 Å². The summed E-state index contributed by atoms with van der Waals surface area (Å²) < 4.78 is 5.35. The van der Waals surface area contributed by atoms with Gasteiger partial charge in [0, 0.05) is 19.8 Å². The highest BCUT2D eigenvalue weighted by atomic mass is 16.5. The van der Waals surface area contributed by atoms with Crippen LogP contribution in [0.3, 0.4) is 0 Å². The molecule has 3 heteroatoms. The molecule has 1 rings (SSSR count). The molecule has 0 aromatic heterocycles. The predicted molar refractivity (Wildman–Crippen MR) is 64.2 cm³/mol. The van der Waals surface area contributed by atoms with Gasteiger partial charge < -0.3 is 15.0 Å². The largest absolute Gasteiger partial charge is 0.382 e. The molecule has 90 valence electrons. The van der Waals surface area contributed by atoms with Gasteiger partial charge >= 0.3 is 0 Å². The Kier molecular flexibility index (Phi) is 6.98. The lowest BCUT2D eigenvalue weighted by Crippen LogP contribution is -2.37. The lowest BCUT2D eigenvalue weighted by Gasteiger charge is -2.31. The standard InChI is InChI=1S/C12H26N2O/c1-3-15-10-4-7-14-8-5-12(6-9-14)11-13-2/h12-13H,3-11H2,1-2H3. The SMILES string of the molecule is CCOCCCN1CCC(CNC)CC1. The molecule has 0 saturated carbocycles. The Morgan fingerprint density at radius 3 is 2.67 bits per heavy atom. The summed E-state index contributed by atoms with van der Waals surface area (Å²) in [5, 5.41) is 3.27. The van der Waals surface area contributed by atoms with E-state index in [4.69, 9.17) is 4.74 Å². The molecule has 1 heterocycles. The minimum atomic E-state index is 0.851. The Morgan fingerprint density at radius 1 is 1.33 bits per heavy atom. The van der Waals surface area contributed by atoms with Crippen molar-refractivity contribution in [3.8, 4) is 0 Å². The number of hydrogen-bond donors (Lipinski definition) is 1. The van der Waals surface area contributed by atoms with Crippen LogP contribution in [0.5, 0.6) is 0 Å². The molecule has 0 radical (unpaired) electrons. The number of hydrogen-bond acceptors (Lipinski definition) is 3. The lowest BCUT2D eigenvalue weighted by atomic mass is 9.97. The Balaban J connectivity index is 1.99. The number of rotatable bonds is 7. The summed E-state index contributed by atoms with van der Waals surface area (Å²) in [6, 6.07) is 0. The van der Waals surface area contributed by atoms with Gasteiger partial charge in [0.25, 0.3) is 0 Å². The van der Waals surface area contributed by atoms with Crippen LogP contribution >= 0.6 is 0 Å². The summed E-state index contributed by atoms with van der Waals surface area (Å²) in [5.41, 5.74) is 0. The van der Waals surface area contributed by atoms with Gasteiger partial charge in [0.1, 0.15) is 0 Å². The molecular weight excluding hydrogens is 188 g/mol. The van der Waals surface area contributed by atoms with Crippen LogP contribution in [0.2, 0.25) is 0 Å². The van der Waals surface area contributed by atoms with Crippen molar-refractivity contribution in [3.63, 3.8) is 0 Å². The van der Waals surface area contributed by atoms with Gasteiger partial charge in [-0.15, -0.1) is 0 Å². The smallest absolute Gasteiger partial charge is 0.0478 e. The zero-order valence-corrected chi connectivity index (χ0v) is 10.3. The zero-order valence-electron chi connectivity index (χ0n) is 10.3. The Hall–Kier alpha value is -0.120. The number of nitrogens with one attached hydrogen (secondary N) is 1. The number of nitrogens with zero attached hydrogens (tertiary/aromatic N) is 1. The first-order valence-electron chi connectivity index (χ1n) is 6.31. The van der Waals surface area contributed by atoms with Gasteiger partial charge in [-0.1, -0.05) is 0 Å². The first-order chi connectivity index (χ1) is 7.36. The third-order valence-corrected chi connectivity index (χ3v) is 3.17. The molecule has 0 aromatic rings. The van der Waals surface area contributed by atoms with Crippen LogP contribution in [0.4, 0.5) is 0 Å². The highest BCUT2D eigenvalue weighted by molar-refractivity contribution is 4.73. The lowest BCUT2D eigenvalue weighted by molar-refractivity contribution is 0.120. The van der Waals surface area contributed by atoms with Gasteiger partial charge in [0.15, 0.2) is 0 Å². The van der Waals surface area contributed by atoms with Crippen LogP contribution in [0, 0.1) is 5.92 Å². The second kappa shape index (κ2) is 8.08. The highest BCUT2D eigenvalue weighted by Gasteiger charge is 2.17. The Labute approximate surface area is 94.2 Å². The molecule has 0 spiro atoms. The van der Waals surface area contributed by atoms with Crippen LogP contribution < -0.4 is 5.32 Å². The Morgan fingerprint density at radius 2 is 2.07 bits per heavy atom. The molecular formula is C12H26N2O. The number of piperidine rings is 1. The van der Waals surface area contributed by atoms with Crippen molar-refractivity contribution >= 4 is 0 Å². The second-order valence-corrected chi connectivity index (χ2v) is 4.39. The van der Waals surface area contributed by atoms with E-state index in [1.165, 1.54) is 45.4 Å². The van der Waals surface area contributed by atoms with Gasteiger partial charge in [-0.3, -0.25) is 0 Å². The molecule has 1 aliphatic heterocycles. The van der Waals surface area contributed by atoms with E-state index < -0.39 is 0 Å². The van der Waals surface area contributed by atoms with Crippen molar-refractivity contribution in [2.24, 2.45) is 5.92 Å². The van der Waals surface area contributed by atoms with E-state index in [1.807, 2.05) is 0 Å². The normalized spacial score (nSPS) is 19.6. The summed E-state index contributed by atoms with van der Waals surface area (Å²) in [4.78, 5) is 2.57. The van der Waals surface area contributed by atoms with Gasteiger partial charge in [0.05, 0.1) is 0 Å². The molecule has 0 aliphatic carbocycles. The van der Waals surface area contributed by atoms with Crippen molar-refractivity contribution in [1.82, 2.24) is 10.2 Å². The van der Waals surface area contributed by atoms with Crippen molar-refractivity contribution < 1.29 is 4.74 Å². The average molecular weight is 214 g/mol. The molecule has 3 nitrogen and oxygen atoms in total. The molecule has 1 aliphatic rings. The van der Waals surface area contributed by atoms with Gasteiger partial charge in [-0.05, 0) is 58.8 Å². The van der Waals surface area contributed by atoms with Crippen molar-refractivity contribution in [2.75, 3.05) is 46.4 Å². The van der Waals surface area contributed by atoms with E-state index in [0.29, 0.717) is 0 Å². The summed E-state index contributed by atoms with van der Waals surface area (Å²) in [7, 11) is 2.05. The maximum Gasteiger partial charge on any atom is 0.0478 e. The topological polar surface area (TPSA) is 24.5 Å².